The average Bonchev–Trinajstić information content (AvgIpc) is 3.05. The highest BCUT2D eigenvalue weighted by Gasteiger charge is 2.27. The first-order valence-electron chi connectivity index (χ1n) is 8.40. The van der Waals surface area contributed by atoms with E-state index in [0.717, 1.165) is 25.7 Å². The fourth-order valence-corrected chi connectivity index (χ4v) is 3.12. The summed E-state index contributed by atoms with van der Waals surface area (Å²) in [6, 6.07) is 12.5. The molecule has 1 N–H and O–H groups in total. The third-order valence-electron chi connectivity index (χ3n) is 4.48. The molecule has 0 radical (unpaired) electrons. The molecule has 2 unspecified atom stereocenters. The molecule has 1 aliphatic rings. The summed E-state index contributed by atoms with van der Waals surface area (Å²) in [6.07, 6.45) is 3.64. The van der Waals surface area contributed by atoms with E-state index in [1.54, 1.807) is 24.1 Å². The van der Waals surface area contributed by atoms with Gasteiger partial charge in [0.05, 0.1) is 6.10 Å². The van der Waals surface area contributed by atoms with Crippen molar-refractivity contribution < 1.29 is 19.1 Å². The molecule has 1 fully saturated rings. The number of carbonyl (C=O) groups is 1. The molecule has 2 atom stereocenters. The maximum Gasteiger partial charge on any atom is 0.290 e. The van der Waals surface area contributed by atoms with Crippen molar-refractivity contribution in [3.63, 3.8) is 0 Å². The molecule has 1 aromatic carbocycles. The summed E-state index contributed by atoms with van der Waals surface area (Å²) in [5.41, 5.74) is 0. The van der Waals surface area contributed by atoms with Gasteiger partial charge in [-0.15, -0.1) is 0 Å². The van der Waals surface area contributed by atoms with Gasteiger partial charge in [-0.3, -0.25) is 4.79 Å². The molecular formula is C19H23NO4. The summed E-state index contributed by atoms with van der Waals surface area (Å²) in [5.74, 6) is 1.13. The van der Waals surface area contributed by atoms with Crippen LogP contribution in [0.5, 0.6) is 11.7 Å². The third-order valence-corrected chi connectivity index (χ3v) is 4.48. The molecule has 1 aromatic heterocycles. The molecule has 24 heavy (non-hydrogen) atoms. The molecule has 0 spiro atoms. The lowest BCUT2D eigenvalue weighted by atomic mass is 9.86. The van der Waals surface area contributed by atoms with Gasteiger partial charge in [0.1, 0.15) is 5.75 Å². The van der Waals surface area contributed by atoms with Gasteiger partial charge < -0.3 is 19.2 Å². The number of para-hydroxylation sites is 1. The lowest BCUT2D eigenvalue weighted by Gasteiger charge is -2.30. The van der Waals surface area contributed by atoms with Gasteiger partial charge in [-0.2, -0.15) is 0 Å². The number of nitrogens with zero attached hydrogens (tertiary/aromatic N) is 1. The number of aliphatic hydroxyl groups is 1. The summed E-state index contributed by atoms with van der Waals surface area (Å²) < 4.78 is 11.1. The van der Waals surface area contributed by atoms with Gasteiger partial charge in [0.15, 0.2) is 5.76 Å². The van der Waals surface area contributed by atoms with Gasteiger partial charge in [0.25, 0.3) is 11.9 Å². The van der Waals surface area contributed by atoms with Crippen molar-refractivity contribution in [1.29, 1.82) is 0 Å². The van der Waals surface area contributed by atoms with Gasteiger partial charge in [0.2, 0.25) is 0 Å². The van der Waals surface area contributed by atoms with Crippen LogP contribution >= 0.6 is 0 Å². The van der Waals surface area contributed by atoms with Crippen molar-refractivity contribution in [2.24, 2.45) is 5.92 Å². The minimum absolute atomic E-state index is 0.141. The Morgan fingerprint density at radius 1 is 1.21 bits per heavy atom. The van der Waals surface area contributed by atoms with Crippen molar-refractivity contribution in [1.82, 2.24) is 4.90 Å². The van der Waals surface area contributed by atoms with Crippen molar-refractivity contribution in [3.05, 3.63) is 48.2 Å². The van der Waals surface area contributed by atoms with Crippen LogP contribution in [-0.2, 0) is 0 Å². The Kier molecular flexibility index (Phi) is 5.20. The van der Waals surface area contributed by atoms with Crippen LogP contribution in [0.2, 0.25) is 0 Å². The molecule has 5 heteroatoms. The Balaban J connectivity index is 1.60. The standard InChI is InChI=1S/C19H23NO4/c1-20(13-14-7-5-6-10-16(14)21)19(22)17-11-12-18(24-17)23-15-8-3-2-4-9-15/h2-4,8-9,11-12,14,16,21H,5-7,10,13H2,1H3. The summed E-state index contributed by atoms with van der Waals surface area (Å²) in [5, 5.41) is 10.1. The highest BCUT2D eigenvalue weighted by atomic mass is 16.6. The number of amides is 1. The van der Waals surface area contributed by atoms with E-state index in [4.69, 9.17) is 9.15 Å². The van der Waals surface area contributed by atoms with Crippen molar-refractivity contribution >= 4 is 5.91 Å². The molecule has 128 valence electrons. The number of hydrogen-bond acceptors (Lipinski definition) is 4. The van der Waals surface area contributed by atoms with Crippen molar-refractivity contribution in [2.75, 3.05) is 13.6 Å². The SMILES string of the molecule is CN(CC1CCCCC1O)C(=O)c1ccc(Oc2ccccc2)o1. The molecule has 0 aliphatic heterocycles. The Hall–Kier alpha value is -2.27. The molecule has 1 saturated carbocycles. The second kappa shape index (κ2) is 7.53. The predicted molar refractivity (Wildman–Crippen MR) is 90.1 cm³/mol. The topological polar surface area (TPSA) is 62.9 Å². The van der Waals surface area contributed by atoms with Crippen molar-refractivity contribution in [2.45, 2.75) is 31.8 Å². The van der Waals surface area contributed by atoms with E-state index in [2.05, 4.69) is 0 Å². The molecule has 5 nitrogen and oxygen atoms in total. The largest absolute Gasteiger partial charge is 0.426 e. The summed E-state index contributed by atoms with van der Waals surface area (Å²) in [7, 11) is 1.74. The zero-order chi connectivity index (χ0) is 16.9. The molecule has 2 aromatic rings. The monoisotopic (exact) mass is 329 g/mol. The van der Waals surface area contributed by atoms with E-state index in [9.17, 15) is 9.90 Å². The smallest absolute Gasteiger partial charge is 0.290 e. The quantitative estimate of drug-likeness (QED) is 0.908. The van der Waals surface area contributed by atoms with Crippen LogP contribution in [0.15, 0.2) is 46.9 Å². The number of aliphatic hydroxyl groups excluding tert-OH is 1. The normalized spacial score (nSPS) is 20.6. The number of hydrogen-bond donors (Lipinski definition) is 1. The molecular weight excluding hydrogens is 306 g/mol. The van der Waals surface area contributed by atoms with E-state index in [1.165, 1.54) is 0 Å². The van der Waals surface area contributed by atoms with Crippen LogP contribution in [0.25, 0.3) is 0 Å². The Bertz CT molecular complexity index is 667. The molecule has 1 aliphatic carbocycles. The van der Waals surface area contributed by atoms with Gasteiger partial charge >= 0.3 is 0 Å². The van der Waals surface area contributed by atoms with E-state index in [-0.39, 0.29) is 29.6 Å². The number of rotatable bonds is 5. The minimum atomic E-state index is -0.317. The molecule has 3 rings (SSSR count). The zero-order valence-corrected chi connectivity index (χ0v) is 13.9. The Labute approximate surface area is 141 Å². The number of benzene rings is 1. The number of ether oxygens (including phenoxy) is 1. The lowest BCUT2D eigenvalue weighted by molar-refractivity contribution is 0.0435. The fraction of sp³-hybridized carbons (Fsp3) is 0.421. The van der Waals surface area contributed by atoms with E-state index >= 15 is 0 Å². The van der Waals surface area contributed by atoms with Gasteiger partial charge in [-0.1, -0.05) is 31.0 Å². The average molecular weight is 329 g/mol. The summed E-state index contributed by atoms with van der Waals surface area (Å²) >= 11 is 0. The highest BCUT2D eigenvalue weighted by molar-refractivity contribution is 5.91. The lowest BCUT2D eigenvalue weighted by Crippen LogP contribution is -2.37. The first-order valence-corrected chi connectivity index (χ1v) is 8.40. The second-order valence-corrected chi connectivity index (χ2v) is 6.33. The summed E-state index contributed by atoms with van der Waals surface area (Å²) in [4.78, 5) is 14.1. The van der Waals surface area contributed by atoms with Crippen LogP contribution in [0.4, 0.5) is 0 Å². The molecule has 0 bridgehead atoms. The van der Waals surface area contributed by atoms with Crippen LogP contribution in [0.3, 0.4) is 0 Å². The van der Waals surface area contributed by atoms with Crippen LogP contribution < -0.4 is 4.74 Å². The first kappa shape index (κ1) is 16.6. The van der Waals surface area contributed by atoms with Gasteiger partial charge in [-0.25, -0.2) is 0 Å². The molecule has 1 amide bonds. The maximum atomic E-state index is 12.5. The second-order valence-electron chi connectivity index (χ2n) is 6.33. The van der Waals surface area contributed by atoms with E-state index in [1.807, 2.05) is 30.3 Å². The maximum absolute atomic E-state index is 12.5. The minimum Gasteiger partial charge on any atom is -0.426 e. The van der Waals surface area contributed by atoms with E-state index in [0.29, 0.717) is 12.3 Å². The summed E-state index contributed by atoms with van der Waals surface area (Å²) in [6.45, 7) is 0.537. The van der Waals surface area contributed by atoms with Gasteiger partial charge in [0, 0.05) is 25.6 Å². The van der Waals surface area contributed by atoms with Crippen LogP contribution in [-0.4, -0.2) is 35.6 Å². The number of furan rings is 1. The van der Waals surface area contributed by atoms with Gasteiger partial charge in [-0.05, 0) is 31.0 Å². The Morgan fingerprint density at radius 2 is 1.96 bits per heavy atom. The van der Waals surface area contributed by atoms with Crippen molar-refractivity contribution in [3.8, 4) is 11.7 Å². The molecule has 0 saturated heterocycles. The third kappa shape index (κ3) is 3.97. The zero-order valence-electron chi connectivity index (χ0n) is 13.9. The highest BCUT2D eigenvalue weighted by Crippen LogP contribution is 2.27. The van der Waals surface area contributed by atoms with E-state index < -0.39 is 0 Å². The van der Waals surface area contributed by atoms with Crippen LogP contribution in [0.1, 0.15) is 36.2 Å². The Morgan fingerprint density at radius 3 is 2.71 bits per heavy atom. The molecule has 1 heterocycles. The van der Waals surface area contributed by atoms with Crippen LogP contribution in [0, 0.1) is 5.92 Å². The predicted octanol–water partition coefficient (Wildman–Crippen LogP) is 3.70. The first-order chi connectivity index (χ1) is 11.6. The fourth-order valence-electron chi connectivity index (χ4n) is 3.12. The number of carbonyl (C=O) groups excluding carboxylic acids is 1.